The van der Waals surface area contributed by atoms with Crippen molar-refractivity contribution in [2.75, 3.05) is 13.1 Å². The Morgan fingerprint density at radius 2 is 1.96 bits per heavy atom. The lowest BCUT2D eigenvalue weighted by atomic mass is 9.96. The van der Waals surface area contributed by atoms with Crippen LogP contribution in [0.1, 0.15) is 5.56 Å². The van der Waals surface area contributed by atoms with Crippen LogP contribution < -0.4 is 0 Å². The summed E-state index contributed by atoms with van der Waals surface area (Å²) in [5.41, 5.74) is 1.74. The Balaban J connectivity index is 1.69. The van der Waals surface area contributed by atoms with Crippen LogP contribution in [0.2, 0.25) is 0 Å². The largest absolute Gasteiger partial charge is 0.481 e. The van der Waals surface area contributed by atoms with Gasteiger partial charge in [-0.15, -0.1) is 0 Å². The molecule has 1 aliphatic heterocycles. The summed E-state index contributed by atoms with van der Waals surface area (Å²) in [7, 11) is 0. The maximum Gasteiger partial charge on any atom is 0.393 e. The van der Waals surface area contributed by atoms with Crippen molar-refractivity contribution in [3.05, 3.63) is 48.5 Å². The number of halogens is 3. The minimum absolute atomic E-state index is 0.0945. The highest BCUT2D eigenvalue weighted by atomic mass is 19.4. The fourth-order valence-electron chi connectivity index (χ4n) is 3.04. The van der Waals surface area contributed by atoms with E-state index in [9.17, 15) is 18.0 Å². The van der Waals surface area contributed by atoms with Crippen molar-refractivity contribution in [3.63, 3.8) is 0 Å². The van der Waals surface area contributed by atoms with E-state index in [1.54, 1.807) is 23.6 Å². The lowest BCUT2D eigenvalue weighted by Crippen LogP contribution is -2.33. The second kappa shape index (κ2) is 6.27. The summed E-state index contributed by atoms with van der Waals surface area (Å²) in [6.45, 7) is -0.0902. The first-order valence-electron chi connectivity index (χ1n) is 7.44. The standard InChI is InChI=1S/C16H16F3N3O2/c17-16(18,19)14-9-21(8-13(14)15(23)24)7-11-1-3-12(4-2-11)22-6-5-20-10-22/h1-6,10,13-14H,7-9H2,(H,23,24)/t13-,14-/m1/s1. The van der Waals surface area contributed by atoms with Gasteiger partial charge in [-0.05, 0) is 17.7 Å². The fraction of sp³-hybridized carbons (Fsp3) is 0.375. The molecule has 0 spiro atoms. The first kappa shape index (κ1) is 16.5. The molecule has 1 aliphatic rings. The Bertz CT molecular complexity index is 698. The third-order valence-electron chi connectivity index (χ3n) is 4.28. The Morgan fingerprint density at radius 1 is 1.25 bits per heavy atom. The maximum absolute atomic E-state index is 13.0. The van der Waals surface area contributed by atoms with Crippen LogP contribution in [0.25, 0.3) is 5.69 Å². The fourth-order valence-corrected chi connectivity index (χ4v) is 3.04. The minimum Gasteiger partial charge on any atom is -0.481 e. The summed E-state index contributed by atoms with van der Waals surface area (Å²) in [5, 5.41) is 9.04. The van der Waals surface area contributed by atoms with Crippen LogP contribution in [-0.2, 0) is 11.3 Å². The number of likely N-dealkylation sites (tertiary alicyclic amines) is 1. The third kappa shape index (κ3) is 3.43. The second-order valence-electron chi connectivity index (χ2n) is 5.92. The molecule has 8 heteroatoms. The monoisotopic (exact) mass is 339 g/mol. The minimum atomic E-state index is -4.50. The van der Waals surface area contributed by atoms with Crippen molar-refractivity contribution in [1.29, 1.82) is 0 Å². The van der Waals surface area contributed by atoms with Gasteiger partial charge < -0.3 is 9.67 Å². The molecule has 0 radical (unpaired) electrons. The van der Waals surface area contributed by atoms with Crippen molar-refractivity contribution in [1.82, 2.24) is 14.5 Å². The summed E-state index contributed by atoms with van der Waals surface area (Å²) in [6, 6.07) is 7.35. The summed E-state index contributed by atoms with van der Waals surface area (Å²) in [5.74, 6) is -4.62. The molecule has 1 N–H and O–H groups in total. The van der Waals surface area contributed by atoms with Gasteiger partial charge in [0.1, 0.15) is 0 Å². The molecule has 3 rings (SSSR count). The molecule has 0 saturated carbocycles. The molecule has 5 nitrogen and oxygen atoms in total. The zero-order valence-corrected chi connectivity index (χ0v) is 12.6. The molecule has 1 aromatic heterocycles. The molecular weight excluding hydrogens is 323 g/mol. The van der Waals surface area contributed by atoms with Crippen molar-refractivity contribution in [2.24, 2.45) is 11.8 Å². The van der Waals surface area contributed by atoms with Gasteiger partial charge in [-0.1, -0.05) is 12.1 Å². The van der Waals surface area contributed by atoms with E-state index in [2.05, 4.69) is 4.98 Å². The van der Waals surface area contributed by atoms with E-state index in [1.165, 1.54) is 0 Å². The number of aromatic nitrogens is 2. The van der Waals surface area contributed by atoms with Gasteiger partial charge in [0.15, 0.2) is 0 Å². The van der Waals surface area contributed by atoms with Crippen LogP contribution in [-0.4, -0.2) is 44.8 Å². The average Bonchev–Trinajstić information content (AvgIpc) is 3.16. The zero-order chi connectivity index (χ0) is 17.3. The summed E-state index contributed by atoms with van der Waals surface area (Å²) in [6.07, 6.45) is 0.603. The smallest absolute Gasteiger partial charge is 0.393 e. The summed E-state index contributed by atoms with van der Waals surface area (Å²) >= 11 is 0. The van der Waals surface area contributed by atoms with Gasteiger partial charge in [0.25, 0.3) is 0 Å². The van der Waals surface area contributed by atoms with E-state index >= 15 is 0 Å². The molecule has 2 heterocycles. The van der Waals surface area contributed by atoms with Gasteiger partial charge >= 0.3 is 12.1 Å². The molecule has 2 aromatic rings. The van der Waals surface area contributed by atoms with Crippen LogP contribution in [0, 0.1) is 11.8 Å². The number of carbonyl (C=O) groups is 1. The van der Waals surface area contributed by atoms with E-state index in [1.807, 2.05) is 28.8 Å². The van der Waals surface area contributed by atoms with Gasteiger partial charge in [0.2, 0.25) is 0 Å². The quantitative estimate of drug-likeness (QED) is 0.930. The molecule has 1 fully saturated rings. The highest BCUT2D eigenvalue weighted by Gasteiger charge is 2.52. The number of aliphatic carboxylic acids is 1. The normalized spacial score (nSPS) is 22.0. The van der Waals surface area contributed by atoms with Gasteiger partial charge in [0, 0.05) is 37.7 Å². The van der Waals surface area contributed by atoms with Crippen molar-refractivity contribution >= 4 is 5.97 Å². The molecular formula is C16H16F3N3O2. The van der Waals surface area contributed by atoms with Crippen LogP contribution in [0.3, 0.4) is 0 Å². The first-order chi connectivity index (χ1) is 11.3. The van der Waals surface area contributed by atoms with E-state index in [0.29, 0.717) is 6.54 Å². The number of alkyl halides is 3. The number of nitrogens with zero attached hydrogens (tertiary/aromatic N) is 3. The SMILES string of the molecule is O=C(O)[C@@H]1CN(Cc2ccc(-n3ccnc3)cc2)C[C@H]1C(F)(F)F. The highest BCUT2D eigenvalue weighted by molar-refractivity contribution is 5.71. The van der Waals surface area contributed by atoms with E-state index < -0.39 is 24.0 Å². The van der Waals surface area contributed by atoms with Crippen molar-refractivity contribution in [3.8, 4) is 5.69 Å². The molecule has 0 unspecified atom stereocenters. The highest BCUT2D eigenvalue weighted by Crippen LogP contribution is 2.38. The molecule has 1 saturated heterocycles. The number of carboxylic acids is 1. The van der Waals surface area contributed by atoms with Crippen molar-refractivity contribution < 1.29 is 23.1 Å². The van der Waals surface area contributed by atoms with Crippen LogP contribution in [0.5, 0.6) is 0 Å². The number of hydrogen-bond acceptors (Lipinski definition) is 3. The van der Waals surface area contributed by atoms with Crippen LogP contribution in [0.4, 0.5) is 13.2 Å². The Morgan fingerprint density at radius 3 is 2.46 bits per heavy atom. The summed E-state index contributed by atoms with van der Waals surface area (Å²) < 4.78 is 40.8. The van der Waals surface area contributed by atoms with Gasteiger partial charge in [0.05, 0.1) is 18.2 Å². The Kier molecular flexibility index (Phi) is 4.31. The third-order valence-corrected chi connectivity index (χ3v) is 4.28. The van der Waals surface area contributed by atoms with E-state index in [-0.39, 0.29) is 13.1 Å². The predicted octanol–water partition coefficient (Wildman–Crippen LogP) is 2.57. The number of hydrogen-bond donors (Lipinski definition) is 1. The predicted molar refractivity (Wildman–Crippen MR) is 79.5 cm³/mol. The average molecular weight is 339 g/mol. The number of rotatable bonds is 4. The second-order valence-corrected chi connectivity index (χ2v) is 5.92. The lowest BCUT2D eigenvalue weighted by Gasteiger charge is -2.18. The van der Waals surface area contributed by atoms with Gasteiger partial charge in [-0.3, -0.25) is 9.69 Å². The molecule has 1 aromatic carbocycles. The maximum atomic E-state index is 13.0. The number of carboxylic acid groups (broad SMARTS) is 1. The first-order valence-corrected chi connectivity index (χ1v) is 7.44. The Labute approximate surface area is 136 Å². The Hall–Kier alpha value is -2.35. The number of imidazole rings is 1. The molecule has 0 bridgehead atoms. The van der Waals surface area contributed by atoms with Crippen LogP contribution >= 0.6 is 0 Å². The van der Waals surface area contributed by atoms with Crippen molar-refractivity contribution in [2.45, 2.75) is 12.7 Å². The zero-order valence-electron chi connectivity index (χ0n) is 12.6. The number of benzene rings is 1. The molecule has 0 aliphatic carbocycles. The lowest BCUT2D eigenvalue weighted by molar-refractivity contribution is -0.188. The molecule has 24 heavy (non-hydrogen) atoms. The van der Waals surface area contributed by atoms with E-state index in [4.69, 9.17) is 5.11 Å². The van der Waals surface area contributed by atoms with Gasteiger partial charge in [-0.2, -0.15) is 13.2 Å². The van der Waals surface area contributed by atoms with Crippen LogP contribution in [0.15, 0.2) is 43.0 Å². The van der Waals surface area contributed by atoms with E-state index in [0.717, 1.165) is 11.3 Å². The molecule has 0 amide bonds. The molecule has 2 atom stereocenters. The molecule has 128 valence electrons. The topological polar surface area (TPSA) is 58.4 Å². The summed E-state index contributed by atoms with van der Waals surface area (Å²) in [4.78, 5) is 16.6. The van der Waals surface area contributed by atoms with Gasteiger partial charge in [-0.25, -0.2) is 4.98 Å².